The van der Waals surface area contributed by atoms with E-state index in [-0.39, 0.29) is 23.9 Å². The fourth-order valence-corrected chi connectivity index (χ4v) is 4.49. The SMILES string of the molecule is CC(C)(C)OC(=O)C1CCCc2ccccc2N1.CC(CCCc1ccccc1Br)C(=O)OC(C)(C)C. The van der Waals surface area contributed by atoms with Gasteiger partial charge in [-0.05, 0) is 103 Å². The molecule has 0 saturated carbocycles. The van der Waals surface area contributed by atoms with E-state index in [1.807, 2.05) is 84.9 Å². The van der Waals surface area contributed by atoms with E-state index >= 15 is 0 Å². The van der Waals surface area contributed by atoms with Gasteiger partial charge in [0, 0.05) is 10.2 Å². The van der Waals surface area contributed by atoms with Crippen LogP contribution in [0.4, 0.5) is 5.69 Å². The summed E-state index contributed by atoms with van der Waals surface area (Å²) in [6, 6.07) is 16.1. The molecule has 0 fully saturated rings. The number of nitrogens with one attached hydrogen (secondary N) is 1. The van der Waals surface area contributed by atoms with Crippen molar-refractivity contribution in [2.75, 3.05) is 5.32 Å². The van der Waals surface area contributed by atoms with Gasteiger partial charge in [-0.25, -0.2) is 4.79 Å². The van der Waals surface area contributed by atoms with Gasteiger partial charge in [0.25, 0.3) is 0 Å². The molecule has 1 aliphatic rings. The minimum absolute atomic E-state index is 0.0401. The summed E-state index contributed by atoms with van der Waals surface area (Å²) >= 11 is 3.54. The topological polar surface area (TPSA) is 64.6 Å². The molecular weight excluding hydrogens is 530 g/mol. The van der Waals surface area contributed by atoms with Crippen molar-refractivity contribution >= 4 is 33.6 Å². The van der Waals surface area contributed by atoms with Crippen LogP contribution in [0.5, 0.6) is 0 Å². The maximum Gasteiger partial charge on any atom is 0.329 e. The van der Waals surface area contributed by atoms with E-state index in [1.54, 1.807) is 0 Å². The molecule has 2 aromatic rings. The Morgan fingerprint density at radius 2 is 1.59 bits per heavy atom. The Hall–Kier alpha value is -2.34. The van der Waals surface area contributed by atoms with Crippen molar-refractivity contribution in [3.8, 4) is 0 Å². The summed E-state index contributed by atoms with van der Waals surface area (Å²) in [6.07, 6.45) is 5.67. The first-order valence-corrected chi connectivity index (χ1v) is 14.1. The number of hydrogen-bond donors (Lipinski definition) is 1. The highest BCUT2D eigenvalue weighted by Crippen LogP contribution is 2.25. The second kappa shape index (κ2) is 14.0. The normalized spacial score (nSPS) is 16.2. The average molecular weight is 575 g/mol. The van der Waals surface area contributed by atoms with Crippen LogP contribution >= 0.6 is 15.9 Å². The van der Waals surface area contributed by atoms with Gasteiger partial charge in [0.15, 0.2) is 0 Å². The number of hydrogen-bond acceptors (Lipinski definition) is 5. The van der Waals surface area contributed by atoms with Crippen LogP contribution in [0.3, 0.4) is 0 Å². The number of para-hydroxylation sites is 1. The summed E-state index contributed by atoms with van der Waals surface area (Å²) in [4.78, 5) is 23.9. The molecule has 3 rings (SSSR count). The van der Waals surface area contributed by atoms with Gasteiger partial charge in [-0.15, -0.1) is 0 Å². The highest BCUT2D eigenvalue weighted by Gasteiger charge is 2.27. The van der Waals surface area contributed by atoms with Crippen LogP contribution in [-0.4, -0.2) is 29.2 Å². The lowest BCUT2D eigenvalue weighted by molar-refractivity contribution is -0.159. The Bertz CT molecular complexity index is 1020. The van der Waals surface area contributed by atoms with Crippen molar-refractivity contribution in [3.05, 3.63) is 64.1 Å². The van der Waals surface area contributed by atoms with Crippen molar-refractivity contribution in [3.63, 3.8) is 0 Å². The van der Waals surface area contributed by atoms with E-state index in [4.69, 9.17) is 9.47 Å². The molecule has 5 nitrogen and oxygen atoms in total. The van der Waals surface area contributed by atoms with E-state index in [9.17, 15) is 9.59 Å². The first-order chi connectivity index (χ1) is 17.2. The lowest BCUT2D eigenvalue weighted by atomic mass is 10.0. The van der Waals surface area contributed by atoms with E-state index < -0.39 is 11.2 Å². The molecule has 1 aliphatic heterocycles. The van der Waals surface area contributed by atoms with Gasteiger partial charge in [0.1, 0.15) is 17.2 Å². The molecule has 0 aromatic heterocycles. The third-order valence-electron chi connectivity index (χ3n) is 5.83. The highest BCUT2D eigenvalue weighted by molar-refractivity contribution is 9.10. The molecule has 0 radical (unpaired) electrons. The third-order valence-corrected chi connectivity index (χ3v) is 6.60. The van der Waals surface area contributed by atoms with E-state index in [1.165, 1.54) is 11.1 Å². The van der Waals surface area contributed by atoms with Crippen molar-refractivity contribution in [1.82, 2.24) is 0 Å². The number of carbonyl (C=O) groups excluding carboxylic acids is 2. The highest BCUT2D eigenvalue weighted by atomic mass is 79.9. The van der Waals surface area contributed by atoms with Crippen LogP contribution in [0, 0.1) is 5.92 Å². The predicted molar refractivity (Wildman–Crippen MR) is 155 cm³/mol. The van der Waals surface area contributed by atoms with Gasteiger partial charge in [-0.1, -0.05) is 59.3 Å². The summed E-state index contributed by atoms with van der Waals surface area (Å²) in [5, 5.41) is 3.31. The van der Waals surface area contributed by atoms with Gasteiger partial charge >= 0.3 is 11.9 Å². The molecule has 6 heteroatoms. The fourth-order valence-electron chi connectivity index (χ4n) is 4.01. The maximum absolute atomic E-state index is 12.1. The van der Waals surface area contributed by atoms with Crippen LogP contribution in [0.25, 0.3) is 0 Å². The monoisotopic (exact) mass is 573 g/mol. The maximum atomic E-state index is 12.1. The van der Waals surface area contributed by atoms with E-state index in [0.717, 1.165) is 48.7 Å². The van der Waals surface area contributed by atoms with Crippen molar-refractivity contribution in [2.24, 2.45) is 5.92 Å². The van der Waals surface area contributed by atoms with Crippen LogP contribution in [0.2, 0.25) is 0 Å². The molecule has 0 saturated heterocycles. The summed E-state index contributed by atoms with van der Waals surface area (Å²) in [7, 11) is 0. The molecule has 2 unspecified atom stereocenters. The Morgan fingerprint density at radius 3 is 2.24 bits per heavy atom. The third kappa shape index (κ3) is 11.7. The van der Waals surface area contributed by atoms with Crippen molar-refractivity contribution in [1.29, 1.82) is 0 Å². The minimum atomic E-state index is -0.426. The standard InChI is InChI=1S/C16H23BrO2.C15H21NO2/c1-12(15(18)19-16(2,3)4)8-7-10-13-9-5-6-11-14(13)17;1-15(2,3)18-14(17)13-10-6-8-11-7-4-5-9-12(11)16-13/h5-6,9,11-12H,7-8,10H2,1-4H3;4-5,7,9,13,16H,6,8,10H2,1-3H3. The fraction of sp³-hybridized carbons (Fsp3) is 0.548. The largest absolute Gasteiger partial charge is 0.460 e. The predicted octanol–water partition coefficient (Wildman–Crippen LogP) is 7.89. The molecule has 0 spiro atoms. The molecule has 0 aliphatic carbocycles. The van der Waals surface area contributed by atoms with Gasteiger partial charge in [-0.3, -0.25) is 4.79 Å². The zero-order chi connectivity index (χ0) is 27.6. The molecule has 1 heterocycles. The molecule has 1 N–H and O–H groups in total. The summed E-state index contributed by atoms with van der Waals surface area (Å²) in [6.45, 7) is 13.3. The molecule has 204 valence electrons. The zero-order valence-corrected chi connectivity index (χ0v) is 25.1. The number of carbonyl (C=O) groups is 2. The molecular formula is C31H44BrNO4. The van der Waals surface area contributed by atoms with E-state index in [2.05, 4.69) is 33.4 Å². The second-order valence-electron chi connectivity index (χ2n) is 11.7. The van der Waals surface area contributed by atoms with Crippen LogP contribution in [0.15, 0.2) is 53.0 Å². The van der Waals surface area contributed by atoms with E-state index in [0.29, 0.717) is 0 Å². The smallest absolute Gasteiger partial charge is 0.329 e. The number of aryl methyl sites for hydroxylation is 2. The van der Waals surface area contributed by atoms with Gasteiger partial charge in [0.05, 0.1) is 5.92 Å². The van der Waals surface area contributed by atoms with Gasteiger partial charge in [-0.2, -0.15) is 0 Å². The molecule has 2 aromatic carbocycles. The number of halogens is 1. The quantitative estimate of drug-likeness (QED) is 0.356. The molecule has 37 heavy (non-hydrogen) atoms. The zero-order valence-electron chi connectivity index (χ0n) is 23.5. The summed E-state index contributed by atoms with van der Waals surface area (Å²) in [5.74, 6) is -0.291. The number of rotatable bonds is 6. The number of benzene rings is 2. The van der Waals surface area contributed by atoms with Crippen LogP contribution in [0.1, 0.15) is 85.3 Å². The molecule has 0 bridgehead atoms. The molecule has 0 amide bonds. The first kappa shape index (κ1) is 30.9. The average Bonchev–Trinajstić information content (AvgIpc) is 3.01. The summed E-state index contributed by atoms with van der Waals surface area (Å²) < 4.78 is 12.0. The Morgan fingerprint density at radius 1 is 0.973 bits per heavy atom. The Balaban J connectivity index is 0.000000260. The van der Waals surface area contributed by atoms with Gasteiger partial charge < -0.3 is 14.8 Å². The number of ether oxygens (including phenoxy) is 2. The van der Waals surface area contributed by atoms with Crippen molar-refractivity contribution in [2.45, 2.75) is 104 Å². The minimum Gasteiger partial charge on any atom is -0.460 e. The number of fused-ring (bicyclic) bond motifs is 1. The Kier molecular flexibility index (Phi) is 11.7. The second-order valence-corrected chi connectivity index (χ2v) is 12.6. The van der Waals surface area contributed by atoms with Crippen LogP contribution in [-0.2, 0) is 31.9 Å². The van der Waals surface area contributed by atoms with Crippen molar-refractivity contribution < 1.29 is 19.1 Å². The number of esters is 2. The number of anilines is 1. The lowest BCUT2D eigenvalue weighted by Crippen LogP contribution is -2.36. The Labute approximate surface area is 231 Å². The summed E-state index contributed by atoms with van der Waals surface area (Å²) in [5.41, 5.74) is 2.81. The lowest BCUT2D eigenvalue weighted by Gasteiger charge is -2.24. The van der Waals surface area contributed by atoms with Crippen LogP contribution < -0.4 is 5.32 Å². The first-order valence-electron chi connectivity index (χ1n) is 13.3. The molecule has 2 atom stereocenters. The van der Waals surface area contributed by atoms with Gasteiger partial charge in [0.2, 0.25) is 0 Å².